The molecule has 7 nitrogen and oxygen atoms in total. The number of carbonyl (C=O) groups is 1. The first-order valence-corrected chi connectivity index (χ1v) is 13.2. The van der Waals surface area contributed by atoms with Crippen LogP contribution in [0.15, 0.2) is 53.4 Å². The highest BCUT2D eigenvalue weighted by Gasteiger charge is 2.31. The molecule has 4 rings (SSSR count). The van der Waals surface area contributed by atoms with Gasteiger partial charge < -0.3 is 5.32 Å². The number of benzene rings is 2. The Kier molecular flexibility index (Phi) is 7.19. The lowest BCUT2D eigenvalue weighted by Gasteiger charge is -2.26. The van der Waals surface area contributed by atoms with E-state index in [2.05, 4.69) is 10.4 Å². The first-order valence-electron chi connectivity index (χ1n) is 11.7. The van der Waals surface area contributed by atoms with Crippen molar-refractivity contribution in [2.24, 2.45) is 0 Å². The van der Waals surface area contributed by atoms with Crippen molar-refractivity contribution in [3.8, 4) is 0 Å². The summed E-state index contributed by atoms with van der Waals surface area (Å²) in [7, 11) is -3.55. The summed E-state index contributed by atoms with van der Waals surface area (Å²) in [4.78, 5) is 12.8. The van der Waals surface area contributed by atoms with Gasteiger partial charge in [-0.1, -0.05) is 48.4 Å². The molecule has 0 atom stereocenters. The highest BCUT2D eigenvalue weighted by atomic mass is 32.2. The van der Waals surface area contributed by atoms with E-state index in [1.807, 2.05) is 50.2 Å². The van der Waals surface area contributed by atoms with Gasteiger partial charge in [0.05, 0.1) is 17.9 Å². The van der Waals surface area contributed by atoms with Crippen LogP contribution in [0.5, 0.6) is 0 Å². The summed E-state index contributed by atoms with van der Waals surface area (Å²) in [5.41, 5.74) is 4.93. The second-order valence-electron chi connectivity index (χ2n) is 8.99. The molecule has 0 aliphatic carbocycles. The molecule has 3 aromatic rings. The highest BCUT2D eigenvalue weighted by Crippen LogP contribution is 2.26. The van der Waals surface area contributed by atoms with Gasteiger partial charge in [0.15, 0.2) is 0 Å². The van der Waals surface area contributed by atoms with E-state index >= 15 is 0 Å². The monoisotopic (exact) mass is 480 g/mol. The van der Waals surface area contributed by atoms with Crippen molar-refractivity contribution in [3.63, 3.8) is 0 Å². The molecule has 0 bridgehead atoms. The van der Waals surface area contributed by atoms with Crippen molar-refractivity contribution < 1.29 is 13.2 Å². The third kappa shape index (κ3) is 5.23. The Hall–Kier alpha value is -2.97. The topological polar surface area (TPSA) is 84.3 Å². The van der Waals surface area contributed by atoms with Crippen molar-refractivity contribution in [1.82, 2.24) is 19.4 Å². The zero-order valence-corrected chi connectivity index (χ0v) is 20.9. The first kappa shape index (κ1) is 24.2. The number of aryl methyl sites for hydroxylation is 2. The number of sulfonamides is 1. The van der Waals surface area contributed by atoms with Crippen LogP contribution in [-0.4, -0.2) is 41.5 Å². The van der Waals surface area contributed by atoms with Crippen LogP contribution < -0.4 is 5.32 Å². The molecule has 1 amide bonds. The van der Waals surface area contributed by atoms with E-state index in [1.54, 1.807) is 28.0 Å². The van der Waals surface area contributed by atoms with Gasteiger partial charge in [-0.15, -0.1) is 0 Å². The molecule has 34 heavy (non-hydrogen) atoms. The van der Waals surface area contributed by atoms with E-state index in [4.69, 9.17) is 0 Å². The third-order valence-electron chi connectivity index (χ3n) is 6.35. The van der Waals surface area contributed by atoms with Gasteiger partial charge in [0.2, 0.25) is 10.0 Å². The molecular weight excluding hydrogens is 448 g/mol. The molecule has 180 valence electrons. The third-order valence-corrected chi connectivity index (χ3v) is 8.50. The molecule has 1 aliphatic heterocycles. The van der Waals surface area contributed by atoms with Gasteiger partial charge in [-0.05, 0) is 56.9 Å². The molecule has 8 heteroatoms. The van der Waals surface area contributed by atoms with Gasteiger partial charge in [0, 0.05) is 25.2 Å². The van der Waals surface area contributed by atoms with Crippen molar-refractivity contribution in [3.05, 3.63) is 82.2 Å². The van der Waals surface area contributed by atoms with Gasteiger partial charge in [-0.25, -0.2) is 8.42 Å². The number of amides is 1. The average Bonchev–Trinajstić information content (AvgIpc) is 3.12. The number of piperidine rings is 1. The van der Waals surface area contributed by atoms with E-state index in [1.165, 1.54) is 5.56 Å². The maximum atomic E-state index is 13.2. The summed E-state index contributed by atoms with van der Waals surface area (Å²) < 4.78 is 29.8. The molecule has 0 spiro atoms. The number of rotatable bonds is 7. The van der Waals surface area contributed by atoms with E-state index in [0.717, 1.165) is 30.4 Å². The van der Waals surface area contributed by atoms with E-state index < -0.39 is 10.0 Å². The zero-order valence-electron chi connectivity index (χ0n) is 20.0. The smallest absolute Gasteiger partial charge is 0.251 e. The normalized spacial score (nSPS) is 14.8. The Bertz CT molecular complexity index is 1260. The van der Waals surface area contributed by atoms with E-state index in [0.29, 0.717) is 48.0 Å². The second-order valence-corrected chi connectivity index (χ2v) is 10.9. The van der Waals surface area contributed by atoms with Crippen LogP contribution in [-0.2, 0) is 23.1 Å². The number of carbonyl (C=O) groups excluding carboxylic acids is 1. The van der Waals surface area contributed by atoms with Gasteiger partial charge >= 0.3 is 0 Å². The highest BCUT2D eigenvalue weighted by molar-refractivity contribution is 7.89. The van der Waals surface area contributed by atoms with Crippen LogP contribution in [0.25, 0.3) is 0 Å². The molecule has 2 aromatic carbocycles. The fourth-order valence-electron chi connectivity index (χ4n) is 4.37. The van der Waals surface area contributed by atoms with Crippen LogP contribution in [0.2, 0.25) is 0 Å². The SMILES string of the molecule is Cc1ccc(CNC(=O)c2ccc(Cn3nc(C)c(S(=O)(=O)N4CCCCC4)c3C)cc2)cc1. The van der Waals surface area contributed by atoms with Crippen LogP contribution in [0.3, 0.4) is 0 Å². The molecule has 1 aromatic heterocycles. The van der Waals surface area contributed by atoms with Crippen molar-refractivity contribution in [1.29, 1.82) is 0 Å². The Balaban J connectivity index is 1.43. The molecule has 1 aliphatic rings. The molecular formula is C26H32N4O3S. The number of aromatic nitrogens is 2. The predicted molar refractivity (Wildman–Crippen MR) is 132 cm³/mol. The minimum atomic E-state index is -3.55. The van der Waals surface area contributed by atoms with Crippen molar-refractivity contribution in [2.45, 2.75) is 58.0 Å². The van der Waals surface area contributed by atoms with Gasteiger partial charge in [-0.2, -0.15) is 9.40 Å². The average molecular weight is 481 g/mol. The minimum Gasteiger partial charge on any atom is -0.348 e. The molecule has 1 fully saturated rings. The minimum absolute atomic E-state index is 0.131. The maximum absolute atomic E-state index is 13.2. The zero-order chi connectivity index (χ0) is 24.3. The van der Waals surface area contributed by atoms with Crippen molar-refractivity contribution in [2.75, 3.05) is 13.1 Å². The Labute approximate surface area is 201 Å². The maximum Gasteiger partial charge on any atom is 0.251 e. The molecule has 1 N–H and O–H groups in total. The summed E-state index contributed by atoms with van der Waals surface area (Å²) in [6, 6.07) is 15.4. The number of hydrogen-bond donors (Lipinski definition) is 1. The van der Waals surface area contributed by atoms with Gasteiger partial charge in [0.1, 0.15) is 4.90 Å². The van der Waals surface area contributed by atoms with Crippen LogP contribution in [0.1, 0.15) is 57.7 Å². The van der Waals surface area contributed by atoms with Crippen LogP contribution in [0.4, 0.5) is 0 Å². The summed E-state index contributed by atoms with van der Waals surface area (Å²) in [6.45, 7) is 7.64. The summed E-state index contributed by atoms with van der Waals surface area (Å²) in [5.74, 6) is -0.131. The number of nitrogens with zero attached hydrogens (tertiary/aromatic N) is 3. The fourth-order valence-corrected chi connectivity index (χ4v) is 6.26. The molecule has 2 heterocycles. The molecule has 0 unspecified atom stereocenters. The lowest BCUT2D eigenvalue weighted by molar-refractivity contribution is 0.0951. The molecule has 0 radical (unpaired) electrons. The van der Waals surface area contributed by atoms with Crippen molar-refractivity contribution >= 4 is 15.9 Å². The van der Waals surface area contributed by atoms with Crippen LogP contribution in [0, 0.1) is 20.8 Å². The lowest BCUT2D eigenvalue weighted by Crippen LogP contribution is -2.36. The van der Waals surface area contributed by atoms with Gasteiger partial charge in [-0.3, -0.25) is 9.48 Å². The van der Waals surface area contributed by atoms with Crippen LogP contribution >= 0.6 is 0 Å². The quantitative estimate of drug-likeness (QED) is 0.555. The standard InChI is InChI=1S/C26H32N4O3S/c1-19-7-9-22(10-8-19)17-27-26(31)24-13-11-23(12-14-24)18-30-21(3)25(20(2)28-30)34(32,33)29-15-5-4-6-16-29/h7-14H,4-6,15-18H2,1-3H3,(H,27,31). The first-order chi connectivity index (χ1) is 16.3. The molecule has 0 saturated carbocycles. The predicted octanol–water partition coefficient (Wildman–Crippen LogP) is 3.96. The Morgan fingerprint density at radius 2 is 1.53 bits per heavy atom. The van der Waals surface area contributed by atoms with E-state index in [-0.39, 0.29) is 5.91 Å². The second kappa shape index (κ2) is 10.1. The van der Waals surface area contributed by atoms with Gasteiger partial charge in [0.25, 0.3) is 5.91 Å². The largest absolute Gasteiger partial charge is 0.348 e. The molecule has 1 saturated heterocycles. The lowest BCUT2D eigenvalue weighted by atomic mass is 10.1. The summed E-state index contributed by atoms with van der Waals surface area (Å²) in [6.07, 6.45) is 2.87. The van der Waals surface area contributed by atoms with E-state index in [9.17, 15) is 13.2 Å². The Morgan fingerprint density at radius 1 is 0.912 bits per heavy atom. The number of nitrogens with one attached hydrogen (secondary N) is 1. The summed E-state index contributed by atoms with van der Waals surface area (Å²) >= 11 is 0. The fraction of sp³-hybridized carbons (Fsp3) is 0.385. The number of hydrogen-bond acceptors (Lipinski definition) is 4. The Morgan fingerprint density at radius 3 is 2.18 bits per heavy atom. The summed E-state index contributed by atoms with van der Waals surface area (Å²) in [5, 5.41) is 7.47.